The number of carbonyl (C=O) groups excluding carboxylic acids is 2. The van der Waals surface area contributed by atoms with Gasteiger partial charge in [0.25, 0.3) is 0 Å². The largest absolute Gasteiger partial charge is 0.371 e. The zero-order valence-electron chi connectivity index (χ0n) is 13.8. The molecular weight excluding hydrogens is 290 g/mol. The number of rotatable bonds is 5. The van der Waals surface area contributed by atoms with Crippen LogP contribution in [0.25, 0.3) is 0 Å². The third-order valence-corrected chi connectivity index (χ3v) is 4.75. The second-order valence-corrected chi connectivity index (χ2v) is 6.66. The molecule has 2 saturated heterocycles. The Morgan fingerprint density at radius 1 is 1.35 bits per heavy atom. The molecule has 0 aliphatic carbocycles. The molecule has 1 aromatic carbocycles. The van der Waals surface area contributed by atoms with Crippen molar-refractivity contribution in [3.8, 4) is 0 Å². The quantitative estimate of drug-likeness (QED) is 0.897. The predicted molar refractivity (Wildman–Crippen MR) is 90.3 cm³/mol. The number of amides is 2. The third kappa shape index (κ3) is 4.03. The number of nitrogens with one attached hydrogen (secondary N) is 1. The van der Waals surface area contributed by atoms with Crippen molar-refractivity contribution < 1.29 is 9.59 Å². The topological polar surface area (TPSA) is 52.7 Å². The minimum absolute atomic E-state index is 0.0331. The molecule has 0 radical (unpaired) electrons. The first kappa shape index (κ1) is 15.8. The van der Waals surface area contributed by atoms with E-state index in [1.165, 1.54) is 11.3 Å². The molecule has 2 aliphatic rings. The summed E-state index contributed by atoms with van der Waals surface area (Å²) in [6.45, 7) is 5.76. The lowest BCUT2D eigenvalue weighted by molar-refractivity contribution is -0.133. The lowest BCUT2D eigenvalue weighted by atomic mass is 10.1. The molecule has 0 aromatic heterocycles. The molecule has 1 unspecified atom stereocenters. The summed E-state index contributed by atoms with van der Waals surface area (Å²) < 4.78 is 0. The Hall–Kier alpha value is -2.04. The van der Waals surface area contributed by atoms with Crippen LogP contribution in [0.1, 0.15) is 24.8 Å². The van der Waals surface area contributed by atoms with Gasteiger partial charge in [-0.2, -0.15) is 0 Å². The highest BCUT2D eigenvalue weighted by Crippen LogP contribution is 2.24. The summed E-state index contributed by atoms with van der Waals surface area (Å²) in [6, 6.07) is 8.55. The summed E-state index contributed by atoms with van der Waals surface area (Å²) in [5.74, 6) is 0.551. The lowest BCUT2D eigenvalue weighted by Crippen LogP contribution is -2.40. The van der Waals surface area contributed by atoms with E-state index >= 15 is 0 Å². The number of carbonyl (C=O) groups is 2. The summed E-state index contributed by atoms with van der Waals surface area (Å²) in [5.41, 5.74) is 2.54. The smallest absolute Gasteiger partial charge is 0.239 e. The average molecular weight is 315 g/mol. The fourth-order valence-electron chi connectivity index (χ4n) is 3.42. The van der Waals surface area contributed by atoms with Gasteiger partial charge in [0, 0.05) is 38.3 Å². The van der Waals surface area contributed by atoms with Gasteiger partial charge in [0.05, 0.1) is 6.54 Å². The molecule has 0 bridgehead atoms. The highest BCUT2D eigenvalue weighted by Gasteiger charge is 2.25. The van der Waals surface area contributed by atoms with Crippen LogP contribution in [0.15, 0.2) is 24.3 Å². The van der Waals surface area contributed by atoms with Crippen molar-refractivity contribution in [1.29, 1.82) is 0 Å². The van der Waals surface area contributed by atoms with Crippen molar-refractivity contribution in [1.82, 2.24) is 10.2 Å². The van der Waals surface area contributed by atoms with Gasteiger partial charge in [-0.1, -0.05) is 12.1 Å². The maximum absolute atomic E-state index is 12.0. The van der Waals surface area contributed by atoms with Crippen molar-refractivity contribution in [2.45, 2.75) is 26.2 Å². The minimum Gasteiger partial charge on any atom is -0.371 e. The third-order valence-electron chi connectivity index (χ3n) is 4.75. The fourth-order valence-corrected chi connectivity index (χ4v) is 3.42. The lowest BCUT2D eigenvalue weighted by Gasteiger charge is -2.20. The number of aryl methyl sites for hydroxylation is 1. The van der Waals surface area contributed by atoms with Crippen LogP contribution in [0.5, 0.6) is 0 Å². The van der Waals surface area contributed by atoms with Crippen molar-refractivity contribution in [3.05, 3.63) is 29.8 Å². The van der Waals surface area contributed by atoms with E-state index in [4.69, 9.17) is 0 Å². The number of hydrogen-bond donors (Lipinski definition) is 1. The van der Waals surface area contributed by atoms with Gasteiger partial charge < -0.3 is 15.1 Å². The first-order valence-corrected chi connectivity index (χ1v) is 8.48. The van der Waals surface area contributed by atoms with E-state index < -0.39 is 0 Å². The molecule has 2 amide bonds. The zero-order valence-corrected chi connectivity index (χ0v) is 13.8. The van der Waals surface area contributed by atoms with Gasteiger partial charge in [-0.15, -0.1) is 0 Å². The molecule has 5 nitrogen and oxygen atoms in total. The first-order valence-electron chi connectivity index (χ1n) is 8.48. The predicted octanol–water partition coefficient (Wildman–Crippen LogP) is 1.56. The summed E-state index contributed by atoms with van der Waals surface area (Å²) in [6.07, 6.45) is 2.55. The SMILES string of the molecule is Cc1cccc(N2CCC(CNC(=O)CN3CCCC3=O)C2)c1. The molecule has 124 valence electrons. The van der Waals surface area contributed by atoms with E-state index in [9.17, 15) is 9.59 Å². The highest BCUT2D eigenvalue weighted by molar-refractivity contribution is 5.85. The molecule has 0 spiro atoms. The van der Waals surface area contributed by atoms with Crippen LogP contribution >= 0.6 is 0 Å². The van der Waals surface area contributed by atoms with Crippen LogP contribution in [0, 0.1) is 12.8 Å². The summed E-state index contributed by atoms with van der Waals surface area (Å²) in [7, 11) is 0. The van der Waals surface area contributed by atoms with Crippen molar-refractivity contribution in [3.63, 3.8) is 0 Å². The maximum Gasteiger partial charge on any atom is 0.239 e. The Morgan fingerprint density at radius 2 is 2.22 bits per heavy atom. The van der Waals surface area contributed by atoms with Crippen LogP contribution in [-0.2, 0) is 9.59 Å². The van der Waals surface area contributed by atoms with Gasteiger partial charge in [-0.05, 0) is 43.4 Å². The molecule has 3 rings (SSSR count). The van der Waals surface area contributed by atoms with Gasteiger partial charge in [0.15, 0.2) is 0 Å². The molecule has 1 N–H and O–H groups in total. The molecular formula is C18H25N3O2. The van der Waals surface area contributed by atoms with Crippen LogP contribution in [0.2, 0.25) is 0 Å². The van der Waals surface area contributed by atoms with Crippen molar-refractivity contribution >= 4 is 17.5 Å². The van der Waals surface area contributed by atoms with Gasteiger partial charge in [0.2, 0.25) is 11.8 Å². The molecule has 2 fully saturated rings. The van der Waals surface area contributed by atoms with Gasteiger partial charge in [0.1, 0.15) is 0 Å². The van der Waals surface area contributed by atoms with E-state index in [2.05, 4.69) is 41.4 Å². The number of nitrogens with zero attached hydrogens (tertiary/aromatic N) is 2. The second-order valence-electron chi connectivity index (χ2n) is 6.66. The summed E-state index contributed by atoms with van der Waals surface area (Å²) in [4.78, 5) is 27.6. The number of benzene rings is 1. The maximum atomic E-state index is 12.0. The number of anilines is 1. The van der Waals surface area contributed by atoms with Crippen molar-refractivity contribution in [2.24, 2.45) is 5.92 Å². The van der Waals surface area contributed by atoms with Gasteiger partial charge in [-0.25, -0.2) is 0 Å². The minimum atomic E-state index is -0.0331. The van der Waals surface area contributed by atoms with E-state index in [1.54, 1.807) is 4.90 Å². The molecule has 1 aromatic rings. The van der Waals surface area contributed by atoms with Gasteiger partial charge >= 0.3 is 0 Å². The first-order chi connectivity index (χ1) is 11.1. The van der Waals surface area contributed by atoms with Crippen LogP contribution < -0.4 is 10.2 Å². The summed E-state index contributed by atoms with van der Waals surface area (Å²) in [5, 5.41) is 3.00. The summed E-state index contributed by atoms with van der Waals surface area (Å²) >= 11 is 0. The van der Waals surface area contributed by atoms with E-state index in [0.29, 0.717) is 18.9 Å². The van der Waals surface area contributed by atoms with E-state index in [-0.39, 0.29) is 18.4 Å². The highest BCUT2D eigenvalue weighted by atomic mass is 16.2. The fraction of sp³-hybridized carbons (Fsp3) is 0.556. The average Bonchev–Trinajstić information content (AvgIpc) is 3.15. The standard InChI is InChI=1S/C18H25N3O2/c1-14-4-2-5-16(10-14)20-9-7-15(12-20)11-19-17(22)13-21-8-3-6-18(21)23/h2,4-5,10,15H,3,6-9,11-13H2,1H3,(H,19,22). The molecule has 0 saturated carbocycles. The Morgan fingerprint density at radius 3 is 2.96 bits per heavy atom. The Kier molecular flexibility index (Phi) is 4.84. The second kappa shape index (κ2) is 7.02. The molecule has 1 atom stereocenters. The normalized spacial score (nSPS) is 21.1. The van der Waals surface area contributed by atoms with Crippen LogP contribution in [0.3, 0.4) is 0 Å². The van der Waals surface area contributed by atoms with Crippen LogP contribution in [-0.4, -0.2) is 49.4 Å². The Labute approximate surface area is 137 Å². The number of likely N-dealkylation sites (tertiary alicyclic amines) is 1. The Balaban J connectivity index is 1.43. The Bertz CT molecular complexity index is 587. The van der Waals surface area contributed by atoms with E-state index in [0.717, 1.165) is 32.5 Å². The van der Waals surface area contributed by atoms with E-state index in [1.807, 2.05) is 0 Å². The molecule has 2 heterocycles. The van der Waals surface area contributed by atoms with Gasteiger partial charge in [-0.3, -0.25) is 9.59 Å². The number of hydrogen-bond acceptors (Lipinski definition) is 3. The van der Waals surface area contributed by atoms with Crippen molar-refractivity contribution in [2.75, 3.05) is 37.6 Å². The molecule has 5 heteroatoms. The molecule has 2 aliphatic heterocycles. The van der Waals surface area contributed by atoms with Crippen LogP contribution in [0.4, 0.5) is 5.69 Å². The molecule has 23 heavy (non-hydrogen) atoms. The monoisotopic (exact) mass is 315 g/mol. The zero-order chi connectivity index (χ0) is 16.2.